The van der Waals surface area contributed by atoms with Crippen molar-refractivity contribution in [2.75, 3.05) is 6.26 Å². The number of thioether (sulfide) groups is 1. The van der Waals surface area contributed by atoms with Crippen LogP contribution < -0.4 is 4.74 Å². The number of alkyl halides is 2. The van der Waals surface area contributed by atoms with Gasteiger partial charge in [0.25, 0.3) is 0 Å². The largest absolute Gasteiger partial charge is 0.478 e. The third kappa shape index (κ3) is 3.71. The van der Waals surface area contributed by atoms with Crippen LogP contribution in [0.15, 0.2) is 53.4 Å². The second kappa shape index (κ2) is 7.06. The lowest BCUT2D eigenvalue weighted by Gasteiger charge is -2.09. The lowest BCUT2D eigenvalue weighted by molar-refractivity contribution is -0.0498. The average molecular weight is 361 g/mol. The van der Waals surface area contributed by atoms with E-state index >= 15 is 0 Å². The predicted molar refractivity (Wildman–Crippen MR) is 92.6 cm³/mol. The summed E-state index contributed by atoms with van der Waals surface area (Å²) in [4.78, 5) is 17.1. The molecule has 0 aliphatic rings. The number of fused-ring (bicyclic) bond motifs is 1. The standard InChI is InChI=1S/C18H13F2NO3S/c1-25-12-6-7-13-14(17(22)23)9-15(21-16(13)8-12)10-2-4-11(5-3-10)24-18(19)20/h2-9,18H,1H3,(H,22,23). The summed E-state index contributed by atoms with van der Waals surface area (Å²) < 4.78 is 28.8. The molecular formula is C18H13F2NO3S. The molecule has 0 aliphatic carbocycles. The van der Waals surface area contributed by atoms with E-state index < -0.39 is 12.6 Å². The summed E-state index contributed by atoms with van der Waals surface area (Å²) in [5.41, 5.74) is 1.77. The molecule has 0 bridgehead atoms. The van der Waals surface area contributed by atoms with Gasteiger partial charge in [-0.25, -0.2) is 9.78 Å². The van der Waals surface area contributed by atoms with Crippen LogP contribution in [0.1, 0.15) is 10.4 Å². The first-order valence-electron chi connectivity index (χ1n) is 7.25. The van der Waals surface area contributed by atoms with E-state index in [1.165, 1.54) is 30.0 Å². The fraction of sp³-hybridized carbons (Fsp3) is 0.111. The Morgan fingerprint density at radius 2 is 1.88 bits per heavy atom. The van der Waals surface area contributed by atoms with Crippen LogP contribution in [0.5, 0.6) is 5.75 Å². The van der Waals surface area contributed by atoms with Gasteiger partial charge in [-0.1, -0.05) is 6.07 Å². The van der Waals surface area contributed by atoms with Gasteiger partial charge in [0.05, 0.1) is 16.8 Å². The molecule has 128 valence electrons. The Balaban J connectivity index is 2.10. The fourth-order valence-electron chi connectivity index (χ4n) is 2.47. The van der Waals surface area contributed by atoms with Crippen LogP contribution in [0.25, 0.3) is 22.2 Å². The monoisotopic (exact) mass is 361 g/mol. The molecule has 0 radical (unpaired) electrons. The molecule has 0 atom stereocenters. The summed E-state index contributed by atoms with van der Waals surface area (Å²) in [6.07, 6.45) is 1.92. The maximum atomic E-state index is 12.2. The zero-order valence-corrected chi connectivity index (χ0v) is 13.9. The number of carboxylic acid groups (broad SMARTS) is 1. The fourth-order valence-corrected chi connectivity index (χ4v) is 2.90. The Morgan fingerprint density at radius 3 is 2.48 bits per heavy atom. The van der Waals surface area contributed by atoms with E-state index in [1.54, 1.807) is 18.2 Å². The van der Waals surface area contributed by atoms with E-state index in [4.69, 9.17) is 0 Å². The van der Waals surface area contributed by atoms with Gasteiger partial charge < -0.3 is 9.84 Å². The van der Waals surface area contributed by atoms with Gasteiger partial charge in [-0.05, 0) is 48.7 Å². The van der Waals surface area contributed by atoms with E-state index in [0.717, 1.165) is 4.90 Å². The summed E-state index contributed by atoms with van der Waals surface area (Å²) in [6, 6.07) is 12.8. The number of ether oxygens (including phenoxy) is 1. The van der Waals surface area contributed by atoms with Gasteiger partial charge in [0, 0.05) is 15.8 Å². The number of carbonyl (C=O) groups is 1. The molecule has 1 N–H and O–H groups in total. The predicted octanol–water partition coefficient (Wildman–Crippen LogP) is 4.92. The van der Waals surface area contributed by atoms with Crippen LogP contribution in [0.4, 0.5) is 8.78 Å². The van der Waals surface area contributed by atoms with E-state index in [1.807, 2.05) is 18.4 Å². The molecule has 3 rings (SSSR count). The third-order valence-electron chi connectivity index (χ3n) is 3.62. The van der Waals surface area contributed by atoms with Gasteiger partial charge in [0.15, 0.2) is 0 Å². The first-order chi connectivity index (χ1) is 12.0. The minimum atomic E-state index is -2.90. The molecule has 0 saturated heterocycles. The molecule has 3 aromatic rings. The van der Waals surface area contributed by atoms with Crippen LogP contribution in [0, 0.1) is 0 Å². The molecule has 25 heavy (non-hydrogen) atoms. The number of rotatable bonds is 5. The van der Waals surface area contributed by atoms with E-state index in [0.29, 0.717) is 22.2 Å². The summed E-state index contributed by atoms with van der Waals surface area (Å²) in [5, 5.41) is 10.0. The van der Waals surface area contributed by atoms with Gasteiger partial charge >= 0.3 is 12.6 Å². The number of nitrogens with zero attached hydrogens (tertiary/aromatic N) is 1. The van der Waals surface area contributed by atoms with Gasteiger partial charge in [0.2, 0.25) is 0 Å². The topological polar surface area (TPSA) is 59.4 Å². The van der Waals surface area contributed by atoms with Crippen molar-refractivity contribution in [1.29, 1.82) is 0 Å². The van der Waals surface area contributed by atoms with Crippen molar-refractivity contribution < 1.29 is 23.4 Å². The highest BCUT2D eigenvalue weighted by Crippen LogP contribution is 2.29. The second-order valence-corrected chi connectivity index (χ2v) is 6.03. The number of carboxylic acids is 1. The third-order valence-corrected chi connectivity index (χ3v) is 4.35. The van der Waals surface area contributed by atoms with Crippen molar-refractivity contribution >= 4 is 28.6 Å². The van der Waals surface area contributed by atoms with Crippen molar-refractivity contribution in [1.82, 2.24) is 4.98 Å². The molecule has 2 aromatic carbocycles. The molecule has 0 fully saturated rings. The average Bonchev–Trinajstić information content (AvgIpc) is 2.60. The molecule has 1 heterocycles. The number of hydrogen-bond acceptors (Lipinski definition) is 4. The SMILES string of the molecule is CSc1ccc2c(C(=O)O)cc(-c3ccc(OC(F)F)cc3)nc2c1. The Bertz CT molecular complexity index is 930. The molecule has 7 heteroatoms. The normalized spacial score (nSPS) is 11.0. The van der Waals surface area contributed by atoms with Crippen molar-refractivity contribution in [3.8, 4) is 17.0 Å². The summed E-state index contributed by atoms with van der Waals surface area (Å²) in [5.74, 6) is -1.02. The zero-order valence-electron chi connectivity index (χ0n) is 13.1. The number of hydrogen-bond donors (Lipinski definition) is 1. The van der Waals surface area contributed by atoms with Crippen LogP contribution in [0.3, 0.4) is 0 Å². The molecule has 4 nitrogen and oxygen atoms in total. The van der Waals surface area contributed by atoms with Crippen molar-refractivity contribution in [3.05, 3.63) is 54.1 Å². The van der Waals surface area contributed by atoms with Gasteiger partial charge in [-0.2, -0.15) is 8.78 Å². The number of aromatic carboxylic acids is 1. The maximum Gasteiger partial charge on any atom is 0.387 e. The smallest absolute Gasteiger partial charge is 0.387 e. The molecule has 0 amide bonds. The Hall–Kier alpha value is -2.67. The minimum absolute atomic E-state index is 0.0302. The second-order valence-electron chi connectivity index (χ2n) is 5.15. The van der Waals surface area contributed by atoms with Gasteiger partial charge in [0.1, 0.15) is 5.75 Å². The van der Waals surface area contributed by atoms with Gasteiger partial charge in [-0.15, -0.1) is 11.8 Å². The Morgan fingerprint density at radius 1 is 1.16 bits per heavy atom. The molecule has 0 spiro atoms. The number of benzene rings is 2. The van der Waals surface area contributed by atoms with Crippen LogP contribution in [-0.4, -0.2) is 28.9 Å². The van der Waals surface area contributed by atoms with E-state index in [-0.39, 0.29) is 11.3 Å². The molecule has 0 unspecified atom stereocenters. The Labute approximate surface area is 146 Å². The van der Waals surface area contributed by atoms with Crippen molar-refractivity contribution in [3.63, 3.8) is 0 Å². The summed E-state index contributed by atoms with van der Waals surface area (Å²) in [6.45, 7) is -2.90. The Kier molecular flexibility index (Phi) is 4.85. The highest BCUT2D eigenvalue weighted by molar-refractivity contribution is 7.98. The number of pyridine rings is 1. The first kappa shape index (κ1) is 17.2. The summed E-state index contributed by atoms with van der Waals surface area (Å²) in [7, 11) is 0. The lowest BCUT2D eigenvalue weighted by Crippen LogP contribution is -2.02. The number of halogens is 2. The molecule has 1 aromatic heterocycles. The van der Waals surface area contributed by atoms with Crippen LogP contribution in [-0.2, 0) is 0 Å². The highest BCUT2D eigenvalue weighted by atomic mass is 32.2. The first-order valence-corrected chi connectivity index (χ1v) is 8.48. The van der Waals surface area contributed by atoms with Crippen LogP contribution >= 0.6 is 11.8 Å². The minimum Gasteiger partial charge on any atom is -0.478 e. The van der Waals surface area contributed by atoms with E-state index in [2.05, 4.69) is 9.72 Å². The maximum absolute atomic E-state index is 12.2. The highest BCUT2D eigenvalue weighted by Gasteiger charge is 2.14. The molecular weight excluding hydrogens is 348 g/mol. The van der Waals surface area contributed by atoms with Crippen molar-refractivity contribution in [2.45, 2.75) is 11.5 Å². The van der Waals surface area contributed by atoms with Gasteiger partial charge in [-0.3, -0.25) is 0 Å². The quantitative estimate of drug-likeness (QED) is 0.654. The molecule has 0 saturated carbocycles. The molecule has 0 aliphatic heterocycles. The van der Waals surface area contributed by atoms with Crippen molar-refractivity contribution in [2.24, 2.45) is 0 Å². The zero-order chi connectivity index (χ0) is 18.0. The number of aromatic nitrogens is 1. The lowest BCUT2D eigenvalue weighted by atomic mass is 10.0. The van der Waals surface area contributed by atoms with E-state index in [9.17, 15) is 18.7 Å². The summed E-state index contributed by atoms with van der Waals surface area (Å²) >= 11 is 1.53. The van der Waals surface area contributed by atoms with Crippen LogP contribution in [0.2, 0.25) is 0 Å².